The van der Waals surface area contributed by atoms with Crippen LogP contribution < -0.4 is 5.32 Å². The molecule has 0 aliphatic carbocycles. The van der Waals surface area contributed by atoms with Crippen molar-refractivity contribution in [2.24, 2.45) is 0 Å². The van der Waals surface area contributed by atoms with Crippen LogP contribution in [0.5, 0.6) is 0 Å². The fourth-order valence-electron chi connectivity index (χ4n) is 1.66. The molecular weight excluding hydrogens is 361 g/mol. The highest BCUT2D eigenvalue weighted by Crippen LogP contribution is 2.20. The molecule has 0 radical (unpaired) electrons. The minimum absolute atomic E-state index is 0.100. The zero-order chi connectivity index (χ0) is 15.6. The lowest BCUT2D eigenvalue weighted by atomic mass is 10.2. The van der Waals surface area contributed by atoms with E-state index in [2.05, 4.69) is 21.2 Å². The van der Waals surface area contributed by atoms with Crippen LogP contribution in [0.2, 0.25) is 0 Å². The first kappa shape index (κ1) is 15.7. The van der Waals surface area contributed by atoms with Crippen molar-refractivity contribution < 1.29 is 17.6 Å². The molecule has 1 N–H and O–H groups in total. The van der Waals surface area contributed by atoms with Gasteiger partial charge in [-0.3, -0.25) is 4.79 Å². The van der Waals surface area contributed by atoms with Crippen molar-refractivity contribution in [2.75, 3.05) is 11.6 Å². The van der Waals surface area contributed by atoms with Gasteiger partial charge in [0.1, 0.15) is 5.82 Å². The second-order valence-electron chi connectivity index (χ2n) is 4.35. The Balaban J connectivity index is 2.22. The summed E-state index contributed by atoms with van der Waals surface area (Å²) in [5, 5.41) is 2.51. The van der Waals surface area contributed by atoms with Gasteiger partial charge in [0.2, 0.25) is 0 Å². The largest absolute Gasteiger partial charge is 0.322 e. The molecule has 0 aliphatic heterocycles. The lowest BCUT2D eigenvalue weighted by Crippen LogP contribution is -2.14. The zero-order valence-corrected chi connectivity index (χ0v) is 13.3. The van der Waals surface area contributed by atoms with E-state index in [-0.39, 0.29) is 14.9 Å². The first-order valence-corrected chi connectivity index (χ1v) is 8.53. The highest BCUT2D eigenvalue weighted by Gasteiger charge is 2.14. The molecule has 2 rings (SSSR count). The van der Waals surface area contributed by atoms with E-state index in [0.717, 1.165) is 6.26 Å². The number of anilines is 1. The lowest BCUT2D eigenvalue weighted by Gasteiger charge is -2.07. The van der Waals surface area contributed by atoms with Crippen molar-refractivity contribution in [1.29, 1.82) is 0 Å². The number of carbonyl (C=O) groups is 1. The first-order valence-electron chi connectivity index (χ1n) is 5.84. The van der Waals surface area contributed by atoms with Crippen LogP contribution in [0.4, 0.5) is 10.1 Å². The average Bonchev–Trinajstić information content (AvgIpc) is 2.41. The standard InChI is InChI=1S/C14H11BrFNO3S/c1-21(19,20)10-7-5-9(6-8-10)17-14(18)11-3-2-4-12(15)13(11)16/h2-8H,1H3,(H,17,18). The highest BCUT2D eigenvalue weighted by molar-refractivity contribution is 9.10. The summed E-state index contributed by atoms with van der Waals surface area (Å²) in [6.07, 6.45) is 1.09. The zero-order valence-electron chi connectivity index (χ0n) is 10.9. The third-order valence-corrected chi connectivity index (χ3v) is 4.48. The Kier molecular flexibility index (Phi) is 4.43. The van der Waals surface area contributed by atoms with Crippen LogP contribution in [0.1, 0.15) is 10.4 Å². The second kappa shape index (κ2) is 5.95. The molecule has 21 heavy (non-hydrogen) atoms. The monoisotopic (exact) mass is 371 g/mol. The van der Waals surface area contributed by atoms with Gasteiger partial charge in [-0.15, -0.1) is 0 Å². The number of amides is 1. The average molecular weight is 372 g/mol. The molecule has 4 nitrogen and oxygen atoms in total. The van der Waals surface area contributed by atoms with E-state index in [4.69, 9.17) is 0 Å². The maximum Gasteiger partial charge on any atom is 0.258 e. The third-order valence-electron chi connectivity index (χ3n) is 2.74. The van der Waals surface area contributed by atoms with Gasteiger partial charge in [0, 0.05) is 11.9 Å². The maximum absolute atomic E-state index is 13.8. The number of benzene rings is 2. The molecule has 0 aromatic heterocycles. The van der Waals surface area contributed by atoms with E-state index < -0.39 is 21.6 Å². The van der Waals surface area contributed by atoms with E-state index in [0.29, 0.717) is 5.69 Å². The summed E-state index contributed by atoms with van der Waals surface area (Å²) in [5.74, 6) is -1.26. The molecule has 0 fully saturated rings. The molecular formula is C14H11BrFNO3S. The van der Waals surface area contributed by atoms with Crippen molar-refractivity contribution in [3.63, 3.8) is 0 Å². The maximum atomic E-state index is 13.8. The predicted molar refractivity (Wildman–Crippen MR) is 81.6 cm³/mol. The van der Waals surface area contributed by atoms with E-state index in [1.807, 2.05) is 0 Å². The number of carbonyl (C=O) groups excluding carboxylic acids is 1. The summed E-state index contributed by atoms with van der Waals surface area (Å²) in [6.45, 7) is 0. The minimum atomic E-state index is -3.29. The summed E-state index contributed by atoms with van der Waals surface area (Å²) >= 11 is 3.01. The van der Waals surface area contributed by atoms with Crippen LogP contribution in [0, 0.1) is 5.82 Å². The van der Waals surface area contributed by atoms with Crippen LogP contribution in [-0.4, -0.2) is 20.6 Å². The fourth-order valence-corrected chi connectivity index (χ4v) is 2.66. The summed E-state index contributed by atoms with van der Waals surface area (Å²) in [7, 11) is -3.29. The number of hydrogen-bond acceptors (Lipinski definition) is 3. The lowest BCUT2D eigenvalue weighted by molar-refractivity contribution is 0.102. The Morgan fingerprint density at radius 1 is 1.14 bits per heavy atom. The molecule has 0 saturated carbocycles. The minimum Gasteiger partial charge on any atom is -0.322 e. The van der Waals surface area contributed by atoms with Crippen LogP contribution in [0.25, 0.3) is 0 Å². The van der Waals surface area contributed by atoms with Gasteiger partial charge in [0.05, 0.1) is 14.9 Å². The molecule has 0 atom stereocenters. The van der Waals surface area contributed by atoms with E-state index >= 15 is 0 Å². The summed E-state index contributed by atoms with van der Waals surface area (Å²) in [6, 6.07) is 10.1. The molecule has 0 bridgehead atoms. The molecule has 0 spiro atoms. The molecule has 110 valence electrons. The van der Waals surface area contributed by atoms with Gasteiger partial charge < -0.3 is 5.32 Å². The fraction of sp³-hybridized carbons (Fsp3) is 0.0714. The van der Waals surface area contributed by atoms with Gasteiger partial charge in [-0.25, -0.2) is 12.8 Å². The van der Waals surface area contributed by atoms with Gasteiger partial charge in [0.25, 0.3) is 5.91 Å². The highest BCUT2D eigenvalue weighted by atomic mass is 79.9. The van der Waals surface area contributed by atoms with Crippen LogP contribution in [0.15, 0.2) is 51.8 Å². The smallest absolute Gasteiger partial charge is 0.258 e. The van der Waals surface area contributed by atoms with Crippen LogP contribution >= 0.6 is 15.9 Å². The number of rotatable bonds is 3. The van der Waals surface area contributed by atoms with Crippen molar-refractivity contribution in [3.8, 4) is 0 Å². The Morgan fingerprint density at radius 3 is 2.33 bits per heavy atom. The Bertz CT molecular complexity index is 788. The molecule has 0 saturated heterocycles. The van der Waals surface area contributed by atoms with Gasteiger partial charge in [-0.2, -0.15) is 0 Å². The Hall–Kier alpha value is -1.73. The number of halogens is 2. The quantitative estimate of drug-likeness (QED) is 0.900. The van der Waals surface area contributed by atoms with Crippen molar-refractivity contribution in [3.05, 3.63) is 58.3 Å². The second-order valence-corrected chi connectivity index (χ2v) is 7.22. The molecule has 2 aromatic carbocycles. The molecule has 7 heteroatoms. The van der Waals surface area contributed by atoms with Gasteiger partial charge >= 0.3 is 0 Å². The van der Waals surface area contributed by atoms with Crippen molar-refractivity contribution in [2.45, 2.75) is 4.90 Å². The van der Waals surface area contributed by atoms with Crippen LogP contribution in [0.3, 0.4) is 0 Å². The number of nitrogens with one attached hydrogen (secondary N) is 1. The van der Waals surface area contributed by atoms with E-state index in [1.54, 1.807) is 6.07 Å². The van der Waals surface area contributed by atoms with Gasteiger partial charge in [-0.05, 0) is 52.3 Å². The summed E-state index contributed by atoms with van der Waals surface area (Å²) in [4.78, 5) is 12.1. The van der Waals surface area contributed by atoms with Gasteiger partial charge in [0.15, 0.2) is 9.84 Å². The van der Waals surface area contributed by atoms with E-state index in [9.17, 15) is 17.6 Å². The van der Waals surface area contributed by atoms with Crippen molar-refractivity contribution in [1.82, 2.24) is 0 Å². The number of hydrogen-bond donors (Lipinski definition) is 1. The SMILES string of the molecule is CS(=O)(=O)c1ccc(NC(=O)c2cccc(Br)c2F)cc1. The third kappa shape index (κ3) is 3.68. The normalized spacial score (nSPS) is 11.2. The summed E-state index contributed by atoms with van der Waals surface area (Å²) < 4.78 is 36.6. The Morgan fingerprint density at radius 2 is 1.76 bits per heavy atom. The molecule has 2 aromatic rings. The van der Waals surface area contributed by atoms with E-state index in [1.165, 1.54) is 36.4 Å². The molecule has 0 heterocycles. The number of sulfone groups is 1. The first-order chi connectivity index (χ1) is 9.79. The predicted octanol–water partition coefficient (Wildman–Crippen LogP) is 3.24. The van der Waals surface area contributed by atoms with Crippen molar-refractivity contribution >= 4 is 37.4 Å². The summed E-state index contributed by atoms with van der Waals surface area (Å²) in [5.41, 5.74) is 0.281. The topological polar surface area (TPSA) is 63.2 Å². The molecule has 1 amide bonds. The Labute approximate surface area is 130 Å². The molecule has 0 aliphatic rings. The van der Waals surface area contributed by atoms with Crippen LogP contribution in [-0.2, 0) is 9.84 Å². The van der Waals surface area contributed by atoms with Gasteiger partial charge in [-0.1, -0.05) is 6.07 Å². The molecule has 0 unspecified atom stereocenters.